The van der Waals surface area contributed by atoms with Crippen LogP contribution in [-0.2, 0) is 4.79 Å². The van der Waals surface area contributed by atoms with Gasteiger partial charge in [-0.2, -0.15) is 10.4 Å². The summed E-state index contributed by atoms with van der Waals surface area (Å²) in [5.41, 5.74) is 4.57. The van der Waals surface area contributed by atoms with Crippen LogP contribution in [0.3, 0.4) is 0 Å². The maximum Gasteiger partial charge on any atom is 0.240 e. The number of hydrazone groups is 1. The maximum absolute atomic E-state index is 11.8. The molecule has 128 valence electrons. The van der Waals surface area contributed by atoms with Crippen LogP contribution in [0.5, 0.6) is 5.75 Å². The molecule has 0 unspecified atom stereocenters. The number of carbonyl (C=O) groups is 1. The Labute approximate surface area is 151 Å². The van der Waals surface area contributed by atoms with Gasteiger partial charge in [0, 0.05) is 17.1 Å². The summed E-state index contributed by atoms with van der Waals surface area (Å²) in [6.07, 6.45) is 1.97. The van der Waals surface area contributed by atoms with Crippen LogP contribution in [0.25, 0.3) is 0 Å². The van der Waals surface area contributed by atoms with Crippen LogP contribution >= 0.6 is 11.8 Å². The zero-order valence-corrected chi connectivity index (χ0v) is 14.8. The van der Waals surface area contributed by atoms with Crippen molar-refractivity contribution in [2.45, 2.75) is 18.2 Å². The number of carbonyl (C=O) groups excluding carboxylic acids is 1. The van der Waals surface area contributed by atoms with Gasteiger partial charge in [-0.25, -0.2) is 5.43 Å². The third-order valence-electron chi connectivity index (χ3n) is 3.21. The van der Waals surface area contributed by atoms with Crippen molar-refractivity contribution >= 4 is 23.9 Å². The van der Waals surface area contributed by atoms with E-state index in [-0.39, 0.29) is 12.5 Å². The lowest BCUT2D eigenvalue weighted by Crippen LogP contribution is -2.17. The highest BCUT2D eigenvalue weighted by molar-refractivity contribution is 7.99. The van der Waals surface area contributed by atoms with Crippen molar-refractivity contribution in [1.29, 1.82) is 5.26 Å². The van der Waals surface area contributed by atoms with E-state index in [0.29, 0.717) is 17.9 Å². The molecule has 0 atom stereocenters. The molecule has 0 radical (unpaired) electrons. The number of nitrogens with one attached hydrogen (secondary N) is 1. The molecule has 0 aromatic heterocycles. The van der Waals surface area contributed by atoms with Crippen LogP contribution in [0.1, 0.15) is 17.5 Å². The monoisotopic (exact) mass is 353 g/mol. The first kappa shape index (κ1) is 18.6. The molecule has 2 aromatic carbocycles. The van der Waals surface area contributed by atoms with Crippen LogP contribution in [0.4, 0.5) is 0 Å². The van der Waals surface area contributed by atoms with E-state index in [0.717, 1.165) is 10.5 Å². The molecule has 0 bridgehead atoms. The molecule has 5 nitrogen and oxygen atoms in total. The van der Waals surface area contributed by atoms with E-state index >= 15 is 0 Å². The average Bonchev–Trinajstić information content (AvgIpc) is 2.63. The Morgan fingerprint density at radius 2 is 1.96 bits per heavy atom. The second-order valence-electron chi connectivity index (χ2n) is 5.22. The third kappa shape index (κ3) is 7.10. The summed E-state index contributed by atoms with van der Waals surface area (Å²) in [5, 5.41) is 12.4. The highest BCUT2D eigenvalue weighted by Gasteiger charge is 2.01. The zero-order chi connectivity index (χ0) is 17.9. The summed E-state index contributed by atoms with van der Waals surface area (Å²) in [5.74, 6) is 1.20. The molecule has 0 saturated heterocycles. The summed E-state index contributed by atoms with van der Waals surface area (Å²) in [4.78, 5) is 12.9. The van der Waals surface area contributed by atoms with Gasteiger partial charge in [-0.3, -0.25) is 4.79 Å². The standard InChI is InChI=1S/C19H19N3O2S/c1-15-2-8-18(9-3-15)25-13-10-19(23)22-21-14-16-4-6-17(7-5-16)24-12-11-20/h2-9,14H,10,12-13H2,1H3,(H,22,23)/b21-14-. The SMILES string of the molecule is Cc1ccc(SCCC(=O)N/N=C\c2ccc(OCC#N)cc2)cc1. The number of hydrogen-bond donors (Lipinski definition) is 1. The van der Waals surface area contributed by atoms with Crippen molar-refractivity contribution in [1.82, 2.24) is 5.43 Å². The van der Waals surface area contributed by atoms with E-state index in [1.807, 2.05) is 13.0 Å². The minimum atomic E-state index is -0.121. The van der Waals surface area contributed by atoms with Crippen molar-refractivity contribution in [3.8, 4) is 11.8 Å². The molecule has 25 heavy (non-hydrogen) atoms. The molecule has 0 aliphatic heterocycles. The van der Waals surface area contributed by atoms with Crippen LogP contribution in [0.2, 0.25) is 0 Å². The number of benzene rings is 2. The lowest BCUT2D eigenvalue weighted by Gasteiger charge is -2.02. The Kier molecular flexibility index (Phi) is 7.54. The molecular weight excluding hydrogens is 334 g/mol. The smallest absolute Gasteiger partial charge is 0.240 e. The molecule has 0 fully saturated rings. The summed E-state index contributed by atoms with van der Waals surface area (Å²) < 4.78 is 5.16. The molecule has 2 aromatic rings. The van der Waals surface area contributed by atoms with E-state index in [9.17, 15) is 4.79 Å². The summed E-state index contributed by atoms with van der Waals surface area (Å²) in [6.45, 7) is 2.07. The van der Waals surface area contributed by atoms with Gasteiger partial charge in [0.25, 0.3) is 0 Å². The molecular formula is C19H19N3O2S. The number of rotatable bonds is 8. The van der Waals surface area contributed by atoms with Crippen molar-refractivity contribution in [3.05, 3.63) is 59.7 Å². The van der Waals surface area contributed by atoms with Gasteiger partial charge in [-0.05, 0) is 48.9 Å². The van der Waals surface area contributed by atoms with Crippen LogP contribution < -0.4 is 10.2 Å². The van der Waals surface area contributed by atoms with E-state index in [1.54, 1.807) is 42.2 Å². The predicted octanol–water partition coefficient (Wildman–Crippen LogP) is 3.53. The highest BCUT2D eigenvalue weighted by Crippen LogP contribution is 2.18. The van der Waals surface area contributed by atoms with Gasteiger partial charge < -0.3 is 4.74 Å². The van der Waals surface area contributed by atoms with E-state index in [1.165, 1.54) is 5.56 Å². The minimum Gasteiger partial charge on any atom is -0.479 e. The van der Waals surface area contributed by atoms with Gasteiger partial charge >= 0.3 is 0 Å². The molecule has 0 saturated carbocycles. The Morgan fingerprint density at radius 1 is 1.24 bits per heavy atom. The second kappa shape index (κ2) is 10.2. The van der Waals surface area contributed by atoms with Gasteiger partial charge in [-0.1, -0.05) is 17.7 Å². The number of ether oxygens (including phenoxy) is 1. The van der Waals surface area contributed by atoms with Gasteiger partial charge in [-0.15, -0.1) is 11.8 Å². The largest absolute Gasteiger partial charge is 0.479 e. The Morgan fingerprint density at radius 3 is 2.64 bits per heavy atom. The maximum atomic E-state index is 11.8. The molecule has 0 aliphatic rings. The summed E-state index contributed by atoms with van der Waals surface area (Å²) in [7, 11) is 0. The lowest BCUT2D eigenvalue weighted by molar-refractivity contribution is -0.120. The first-order valence-electron chi connectivity index (χ1n) is 7.78. The quantitative estimate of drug-likeness (QED) is 0.447. The van der Waals surface area contributed by atoms with Gasteiger partial charge in [0.15, 0.2) is 6.61 Å². The predicted molar refractivity (Wildman–Crippen MR) is 99.8 cm³/mol. The fourth-order valence-corrected chi connectivity index (χ4v) is 2.75. The molecule has 1 N–H and O–H groups in total. The van der Waals surface area contributed by atoms with Crippen LogP contribution in [-0.4, -0.2) is 24.5 Å². The fraction of sp³-hybridized carbons (Fsp3) is 0.211. The first-order valence-corrected chi connectivity index (χ1v) is 8.77. The number of aryl methyl sites for hydroxylation is 1. The van der Waals surface area contributed by atoms with Crippen LogP contribution in [0, 0.1) is 18.3 Å². The molecule has 1 amide bonds. The fourth-order valence-electron chi connectivity index (χ4n) is 1.90. The topological polar surface area (TPSA) is 74.5 Å². The van der Waals surface area contributed by atoms with Crippen molar-refractivity contribution < 1.29 is 9.53 Å². The van der Waals surface area contributed by atoms with E-state index in [4.69, 9.17) is 10.00 Å². The second-order valence-corrected chi connectivity index (χ2v) is 6.39. The zero-order valence-electron chi connectivity index (χ0n) is 13.9. The summed E-state index contributed by atoms with van der Waals surface area (Å²) >= 11 is 1.65. The molecule has 0 spiro atoms. The summed E-state index contributed by atoms with van der Waals surface area (Å²) in [6, 6.07) is 17.2. The normalized spacial score (nSPS) is 10.4. The van der Waals surface area contributed by atoms with Crippen molar-refractivity contribution in [3.63, 3.8) is 0 Å². The van der Waals surface area contributed by atoms with E-state index < -0.39 is 0 Å². The third-order valence-corrected chi connectivity index (χ3v) is 4.22. The number of nitriles is 1. The first-order chi connectivity index (χ1) is 12.2. The van der Waals surface area contributed by atoms with Crippen LogP contribution in [0.15, 0.2) is 58.5 Å². The molecule has 0 heterocycles. The van der Waals surface area contributed by atoms with Gasteiger partial charge in [0.1, 0.15) is 11.8 Å². The molecule has 0 aliphatic carbocycles. The number of amides is 1. The van der Waals surface area contributed by atoms with E-state index in [2.05, 4.69) is 34.8 Å². The Balaban J connectivity index is 1.69. The Hall–Kier alpha value is -2.78. The number of nitrogens with zero attached hydrogens (tertiary/aromatic N) is 2. The highest BCUT2D eigenvalue weighted by atomic mass is 32.2. The minimum absolute atomic E-state index is 0.0180. The lowest BCUT2D eigenvalue weighted by atomic mass is 10.2. The Bertz CT molecular complexity index is 750. The van der Waals surface area contributed by atoms with Crippen molar-refractivity contribution in [2.75, 3.05) is 12.4 Å². The van der Waals surface area contributed by atoms with Gasteiger partial charge in [0.2, 0.25) is 5.91 Å². The molecule has 2 rings (SSSR count). The number of hydrogen-bond acceptors (Lipinski definition) is 5. The number of thioether (sulfide) groups is 1. The average molecular weight is 353 g/mol. The van der Waals surface area contributed by atoms with Gasteiger partial charge in [0.05, 0.1) is 6.21 Å². The molecule has 6 heteroatoms. The van der Waals surface area contributed by atoms with Crippen molar-refractivity contribution in [2.24, 2.45) is 5.10 Å².